The highest BCUT2D eigenvalue weighted by Gasteiger charge is 2.39. The van der Waals surface area contributed by atoms with Gasteiger partial charge in [0.05, 0.1) is 39.5 Å². The van der Waals surface area contributed by atoms with Crippen LogP contribution in [-0.4, -0.2) is 103 Å². The first-order valence-electron chi connectivity index (χ1n) is 17.4. The topological polar surface area (TPSA) is 75.7 Å². The molecule has 1 fully saturated rings. The summed E-state index contributed by atoms with van der Waals surface area (Å²) >= 11 is 0. The summed E-state index contributed by atoms with van der Waals surface area (Å²) in [7, 11) is 3.88. The molecule has 1 aliphatic heterocycles. The first-order valence-corrected chi connectivity index (χ1v) is 17.4. The fourth-order valence-corrected chi connectivity index (χ4v) is 5.09. The van der Waals surface area contributed by atoms with Gasteiger partial charge in [-0.1, -0.05) is 104 Å². The third-order valence-electron chi connectivity index (χ3n) is 7.76. The highest BCUT2D eigenvalue weighted by Crippen LogP contribution is 2.22. The molecule has 0 amide bonds. The van der Waals surface area contributed by atoms with Gasteiger partial charge in [-0.15, -0.1) is 0 Å². The van der Waals surface area contributed by atoms with Crippen molar-refractivity contribution in [2.75, 3.05) is 73.5 Å². The van der Waals surface area contributed by atoms with Crippen LogP contribution in [0.25, 0.3) is 0 Å². The van der Waals surface area contributed by atoms with Gasteiger partial charge in [0.2, 0.25) is 0 Å². The fraction of sp³-hybridized carbons (Fsp3) is 0.971. The summed E-state index contributed by atoms with van der Waals surface area (Å²) < 4.78 is 35.4. The van der Waals surface area contributed by atoms with Crippen molar-refractivity contribution in [2.24, 2.45) is 0 Å². The van der Waals surface area contributed by atoms with E-state index in [1.165, 1.54) is 89.9 Å². The SMILES string of the molecule is CCCCCCCCCCOCCO[C@@H]1[C@@H](OCCOCCCCCCCCCC)CO[C@@H]1COC(=O)CCN(C)C. The molecule has 1 rings (SSSR count). The molecule has 250 valence electrons. The van der Waals surface area contributed by atoms with Gasteiger partial charge in [0.15, 0.2) is 0 Å². The van der Waals surface area contributed by atoms with Crippen LogP contribution in [0.5, 0.6) is 0 Å². The first-order chi connectivity index (χ1) is 20.6. The number of unbranched alkanes of at least 4 members (excludes halogenated alkanes) is 14. The maximum absolute atomic E-state index is 12.1. The molecule has 0 unspecified atom stereocenters. The zero-order chi connectivity index (χ0) is 30.5. The van der Waals surface area contributed by atoms with E-state index in [4.69, 9.17) is 28.4 Å². The van der Waals surface area contributed by atoms with Crippen LogP contribution in [0.2, 0.25) is 0 Å². The zero-order valence-corrected chi connectivity index (χ0v) is 27.9. The van der Waals surface area contributed by atoms with E-state index in [0.29, 0.717) is 46.0 Å². The average Bonchev–Trinajstić information content (AvgIpc) is 3.37. The number of esters is 1. The molecule has 8 nitrogen and oxygen atoms in total. The second-order valence-corrected chi connectivity index (χ2v) is 12.0. The molecule has 0 saturated carbocycles. The maximum Gasteiger partial charge on any atom is 0.307 e. The summed E-state index contributed by atoms with van der Waals surface area (Å²) in [5.74, 6) is -0.224. The lowest BCUT2D eigenvalue weighted by Gasteiger charge is -2.23. The molecule has 1 saturated heterocycles. The van der Waals surface area contributed by atoms with E-state index in [1.807, 2.05) is 19.0 Å². The van der Waals surface area contributed by atoms with Gasteiger partial charge in [-0.05, 0) is 26.9 Å². The zero-order valence-electron chi connectivity index (χ0n) is 27.9. The summed E-state index contributed by atoms with van der Waals surface area (Å²) in [6.07, 6.45) is 20.2. The van der Waals surface area contributed by atoms with Gasteiger partial charge in [-0.25, -0.2) is 0 Å². The summed E-state index contributed by atoms with van der Waals surface area (Å²) in [4.78, 5) is 14.1. The van der Waals surface area contributed by atoms with Crippen LogP contribution in [0, 0.1) is 0 Å². The smallest absolute Gasteiger partial charge is 0.307 e. The van der Waals surface area contributed by atoms with Crippen LogP contribution in [0.3, 0.4) is 0 Å². The molecule has 0 aromatic rings. The largest absolute Gasteiger partial charge is 0.463 e. The van der Waals surface area contributed by atoms with Crippen molar-refractivity contribution in [1.29, 1.82) is 0 Å². The second kappa shape index (κ2) is 29.0. The van der Waals surface area contributed by atoms with Gasteiger partial charge in [-0.2, -0.15) is 0 Å². The lowest BCUT2D eigenvalue weighted by Crippen LogP contribution is -2.39. The van der Waals surface area contributed by atoms with Crippen LogP contribution < -0.4 is 0 Å². The summed E-state index contributed by atoms with van der Waals surface area (Å²) in [5.41, 5.74) is 0. The van der Waals surface area contributed by atoms with Crippen molar-refractivity contribution in [2.45, 2.75) is 141 Å². The van der Waals surface area contributed by atoms with E-state index < -0.39 is 0 Å². The third kappa shape index (κ3) is 22.7. The quantitative estimate of drug-likeness (QED) is 0.0623. The Morgan fingerprint density at radius 1 is 0.667 bits per heavy atom. The lowest BCUT2D eigenvalue weighted by molar-refractivity contribution is -0.150. The Balaban J connectivity index is 2.26. The molecular weight excluding hydrogens is 534 g/mol. The summed E-state index contributed by atoms with van der Waals surface area (Å²) in [6, 6.07) is 0. The number of hydrogen-bond acceptors (Lipinski definition) is 8. The van der Waals surface area contributed by atoms with Crippen LogP contribution in [0.1, 0.15) is 123 Å². The number of ether oxygens (including phenoxy) is 6. The van der Waals surface area contributed by atoms with E-state index in [1.54, 1.807) is 0 Å². The molecule has 0 aliphatic carbocycles. The van der Waals surface area contributed by atoms with Gasteiger partial charge in [0.1, 0.15) is 24.9 Å². The molecule has 8 heteroatoms. The minimum absolute atomic E-state index is 0.171. The van der Waals surface area contributed by atoms with Gasteiger partial charge in [-0.3, -0.25) is 4.79 Å². The molecule has 42 heavy (non-hydrogen) atoms. The predicted molar refractivity (Wildman–Crippen MR) is 170 cm³/mol. The van der Waals surface area contributed by atoms with Crippen molar-refractivity contribution in [3.05, 3.63) is 0 Å². The standard InChI is InChI=1S/C34H67NO7/c1-5-7-9-11-13-15-17-19-23-37-25-27-39-31-29-41-32(30-42-33(36)21-22-35(3)4)34(31)40-28-26-38-24-20-18-16-14-12-10-8-6-2/h31-32,34H,5-30H2,1-4H3/t31-,32+,34+/m0/s1. The predicted octanol–water partition coefficient (Wildman–Crippen LogP) is 6.97. The summed E-state index contributed by atoms with van der Waals surface area (Å²) in [5, 5.41) is 0. The number of nitrogens with zero attached hydrogens (tertiary/aromatic N) is 1. The minimum Gasteiger partial charge on any atom is -0.463 e. The molecular formula is C34H67NO7. The van der Waals surface area contributed by atoms with Gasteiger partial charge < -0.3 is 33.3 Å². The Morgan fingerprint density at radius 2 is 1.17 bits per heavy atom. The number of hydrogen-bond donors (Lipinski definition) is 0. The van der Waals surface area contributed by atoms with Crippen LogP contribution in [-0.2, 0) is 33.2 Å². The fourth-order valence-electron chi connectivity index (χ4n) is 5.09. The Hall–Kier alpha value is -0.770. The van der Waals surface area contributed by atoms with Crippen LogP contribution in [0.4, 0.5) is 0 Å². The van der Waals surface area contributed by atoms with Crippen LogP contribution >= 0.6 is 0 Å². The molecule has 0 aromatic carbocycles. The molecule has 0 aromatic heterocycles. The van der Waals surface area contributed by atoms with Gasteiger partial charge in [0, 0.05) is 19.8 Å². The van der Waals surface area contributed by atoms with Crippen molar-refractivity contribution in [1.82, 2.24) is 4.90 Å². The second-order valence-electron chi connectivity index (χ2n) is 12.0. The van der Waals surface area contributed by atoms with Crippen molar-refractivity contribution < 1.29 is 33.2 Å². The molecule has 0 N–H and O–H groups in total. The Kier molecular flexibility index (Phi) is 27.1. The number of carbonyl (C=O) groups excluding carboxylic acids is 1. The molecule has 0 radical (unpaired) electrons. The third-order valence-corrected chi connectivity index (χ3v) is 7.76. The molecule has 1 aliphatic rings. The maximum atomic E-state index is 12.1. The minimum atomic E-state index is -0.343. The average molecular weight is 602 g/mol. The van der Waals surface area contributed by atoms with Crippen molar-refractivity contribution in [3.63, 3.8) is 0 Å². The normalized spacial score (nSPS) is 18.7. The van der Waals surface area contributed by atoms with Crippen molar-refractivity contribution >= 4 is 5.97 Å². The number of carbonyl (C=O) groups is 1. The Labute approximate surface area is 258 Å². The van der Waals surface area contributed by atoms with E-state index in [0.717, 1.165) is 26.1 Å². The van der Waals surface area contributed by atoms with Gasteiger partial charge in [0.25, 0.3) is 0 Å². The molecule has 0 spiro atoms. The Morgan fingerprint density at radius 3 is 1.69 bits per heavy atom. The summed E-state index contributed by atoms with van der Waals surface area (Å²) in [6.45, 7) is 9.36. The van der Waals surface area contributed by atoms with E-state index >= 15 is 0 Å². The van der Waals surface area contributed by atoms with Crippen molar-refractivity contribution in [3.8, 4) is 0 Å². The lowest BCUT2D eigenvalue weighted by atomic mass is 10.1. The molecule has 1 heterocycles. The number of rotatable bonds is 31. The van der Waals surface area contributed by atoms with Gasteiger partial charge >= 0.3 is 5.97 Å². The van der Waals surface area contributed by atoms with E-state index in [2.05, 4.69) is 13.8 Å². The molecule has 0 bridgehead atoms. The molecule has 3 atom stereocenters. The Bertz CT molecular complexity index is 592. The van der Waals surface area contributed by atoms with Crippen LogP contribution in [0.15, 0.2) is 0 Å². The highest BCUT2D eigenvalue weighted by atomic mass is 16.6. The van der Waals surface area contributed by atoms with E-state index in [9.17, 15) is 4.79 Å². The first kappa shape index (κ1) is 39.3. The van der Waals surface area contributed by atoms with E-state index in [-0.39, 0.29) is 30.9 Å². The monoisotopic (exact) mass is 601 g/mol. The highest BCUT2D eigenvalue weighted by molar-refractivity contribution is 5.69.